The van der Waals surface area contributed by atoms with Crippen LogP contribution >= 0.6 is 15.9 Å². The van der Waals surface area contributed by atoms with E-state index in [0.29, 0.717) is 19.1 Å². The highest BCUT2D eigenvalue weighted by atomic mass is 79.9. The Morgan fingerprint density at radius 2 is 2.35 bits per heavy atom. The van der Waals surface area contributed by atoms with Gasteiger partial charge in [-0.1, -0.05) is 29.3 Å². The van der Waals surface area contributed by atoms with Gasteiger partial charge < -0.3 is 9.84 Å². The number of halogens is 1. The summed E-state index contributed by atoms with van der Waals surface area (Å²) in [5.41, 5.74) is 0.615. The molecule has 126 valence electrons. The molecule has 0 radical (unpaired) electrons. The molecule has 2 atom stereocenters. The van der Waals surface area contributed by atoms with E-state index in [1.165, 1.54) is 0 Å². The molecule has 1 aromatic rings. The van der Waals surface area contributed by atoms with Crippen molar-refractivity contribution >= 4 is 21.9 Å². The Bertz CT molecular complexity index is 592. The van der Waals surface area contributed by atoms with Crippen LogP contribution in [0.2, 0.25) is 0 Å². The molecular weight excluding hydrogens is 358 g/mol. The highest BCUT2D eigenvalue weighted by Crippen LogP contribution is 2.49. The van der Waals surface area contributed by atoms with Gasteiger partial charge in [-0.2, -0.15) is 0 Å². The first-order chi connectivity index (χ1) is 11.0. The summed E-state index contributed by atoms with van der Waals surface area (Å²) in [6.45, 7) is 5.09. The van der Waals surface area contributed by atoms with E-state index < -0.39 is 11.4 Å². The lowest BCUT2D eigenvalue weighted by atomic mass is 9.81. The van der Waals surface area contributed by atoms with Gasteiger partial charge in [-0.15, -0.1) is 0 Å². The second kappa shape index (κ2) is 6.81. The summed E-state index contributed by atoms with van der Waals surface area (Å²) in [4.78, 5) is 14.1. The molecule has 1 heterocycles. The minimum atomic E-state index is -0.612. The van der Waals surface area contributed by atoms with Crippen LogP contribution < -0.4 is 4.74 Å². The number of ether oxygens (including phenoxy) is 1. The van der Waals surface area contributed by atoms with Crippen LogP contribution in [0.1, 0.15) is 38.2 Å². The van der Waals surface area contributed by atoms with Crippen LogP contribution in [-0.2, 0) is 11.3 Å². The van der Waals surface area contributed by atoms with Gasteiger partial charge in [0.15, 0.2) is 0 Å². The van der Waals surface area contributed by atoms with Crippen LogP contribution in [0.3, 0.4) is 0 Å². The zero-order valence-electron chi connectivity index (χ0n) is 13.6. The molecule has 2 fully saturated rings. The number of rotatable bonds is 6. The SMILES string of the molecule is CCCOc1ccc(Br)cc1CN1C[C@@H]2CCC[C@@]2(C(=O)O)C1. The molecular formula is C18H24BrNO3. The van der Waals surface area contributed by atoms with Crippen molar-refractivity contribution in [2.75, 3.05) is 19.7 Å². The van der Waals surface area contributed by atoms with E-state index in [0.717, 1.165) is 54.6 Å². The second-order valence-corrected chi connectivity index (χ2v) is 7.74. The van der Waals surface area contributed by atoms with Crippen molar-refractivity contribution in [2.45, 2.75) is 39.2 Å². The van der Waals surface area contributed by atoms with Gasteiger partial charge in [0, 0.05) is 29.7 Å². The zero-order valence-corrected chi connectivity index (χ0v) is 15.1. The average molecular weight is 382 g/mol. The maximum atomic E-state index is 11.8. The Morgan fingerprint density at radius 3 is 3.04 bits per heavy atom. The van der Waals surface area contributed by atoms with Crippen molar-refractivity contribution < 1.29 is 14.6 Å². The minimum Gasteiger partial charge on any atom is -0.493 e. The summed E-state index contributed by atoms with van der Waals surface area (Å²) in [6.07, 6.45) is 3.89. The Hall–Kier alpha value is -1.07. The molecule has 1 saturated heterocycles. The summed E-state index contributed by atoms with van der Waals surface area (Å²) in [6, 6.07) is 6.08. The Labute approximate surface area is 145 Å². The van der Waals surface area contributed by atoms with Gasteiger partial charge >= 0.3 is 5.97 Å². The van der Waals surface area contributed by atoms with E-state index in [2.05, 4.69) is 33.8 Å². The van der Waals surface area contributed by atoms with Gasteiger partial charge in [0.1, 0.15) is 5.75 Å². The lowest BCUT2D eigenvalue weighted by Gasteiger charge is -2.24. The monoisotopic (exact) mass is 381 g/mol. The summed E-state index contributed by atoms with van der Waals surface area (Å²) in [7, 11) is 0. The van der Waals surface area contributed by atoms with Gasteiger partial charge in [-0.25, -0.2) is 0 Å². The zero-order chi connectivity index (χ0) is 16.4. The summed E-state index contributed by atoms with van der Waals surface area (Å²) in [5.74, 6) is 0.600. The topological polar surface area (TPSA) is 49.8 Å². The molecule has 1 N–H and O–H groups in total. The molecule has 0 aromatic heterocycles. The van der Waals surface area contributed by atoms with E-state index in [4.69, 9.17) is 4.74 Å². The van der Waals surface area contributed by atoms with Crippen LogP contribution in [0.25, 0.3) is 0 Å². The van der Waals surface area contributed by atoms with Gasteiger partial charge in [-0.3, -0.25) is 9.69 Å². The molecule has 23 heavy (non-hydrogen) atoms. The van der Waals surface area contributed by atoms with E-state index in [9.17, 15) is 9.90 Å². The van der Waals surface area contributed by atoms with Crippen molar-refractivity contribution in [1.82, 2.24) is 4.90 Å². The number of benzene rings is 1. The van der Waals surface area contributed by atoms with Crippen molar-refractivity contribution in [3.8, 4) is 5.75 Å². The summed E-state index contributed by atoms with van der Waals surface area (Å²) >= 11 is 3.53. The Balaban J connectivity index is 1.75. The number of carboxylic acids is 1. The molecule has 1 saturated carbocycles. The minimum absolute atomic E-state index is 0.298. The molecule has 3 rings (SSSR count). The third-order valence-corrected chi connectivity index (χ3v) is 5.74. The van der Waals surface area contributed by atoms with Crippen LogP contribution in [0, 0.1) is 11.3 Å². The van der Waals surface area contributed by atoms with Crippen molar-refractivity contribution in [2.24, 2.45) is 11.3 Å². The average Bonchev–Trinajstić information content (AvgIpc) is 3.04. The molecule has 0 unspecified atom stereocenters. The molecule has 1 aliphatic heterocycles. The number of carboxylic acid groups (broad SMARTS) is 1. The lowest BCUT2D eigenvalue weighted by Crippen LogP contribution is -2.35. The predicted molar refractivity (Wildman–Crippen MR) is 92.6 cm³/mol. The first-order valence-electron chi connectivity index (χ1n) is 8.42. The number of aliphatic carboxylic acids is 1. The number of fused-ring (bicyclic) bond motifs is 1. The molecule has 0 spiro atoms. The van der Waals surface area contributed by atoms with Crippen LogP contribution in [-0.4, -0.2) is 35.7 Å². The molecule has 0 bridgehead atoms. The fraction of sp³-hybridized carbons (Fsp3) is 0.611. The summed E-state index contributed by atoms with van der Waals surface area (Å²) < 4.78 is 6.89. The van der Waals surface area contributed by atoms with Crippen molar-refractivity contribution in [3.63, 3.8) is 0 Å². The van der Waals surface area contributed by atoms with E-state index in [-0.39, 0.29) is 0 Å². The highest BCUT2D eigenvalue weighted by molar-refractivity contribution is 9.10. The summed E-state index contributed by atoms with van der Waals surface area (Å²) in [5, 5.41) is 9.71. The predicted octanol–water partition coefficient (Wildman–Crippen LogP) is 3.92. The number of hydrogen-bond acceptors (Lipinski definition) is 3. The number of carbonyl (C=O) groups is 1. The third kappa shape index (κ3) is 3.26. The standard InChI is InChI=1S/C18H24BrNO3/c1-2-8-23-16-6-5-15(19)9-13(16)10-20-11-14-4-3-7-18(14,12-20)17(21)22/h5-6,9,14H,2-4,7-8,10-12H2,1H3,(H,21,22)/t14-,18+/m0/s1. The molecule has 4 nitrogen and oxygen atoms in total. The van der Waals surface area contributed by atoms with Crippen molar-refractivity contribution in [1.29, 1.82) is 0 Å². The van der Waals surface area contributed by atoms with Gasteiger partial charge in [-0.05, 0) is 43.4 Å². The maximum absolute atomic E-state index is 11.8. The normalized spacial score (nSPS) is 27.1. The second-order valence-electron chi connectivity index (χ2n) is 6.82. The number of likely N-dealkylation sites (tertiary alicyclic amines) is 1. The molecule has 0 amide bonds. The fourth-order valence-electron chi connectivity index (χ4n) is 4.13. The smallest absolute Gasteiger partial charge is 0.311 e. The first-order valence-corrected chi connectivity index (χ1v) is 9.21. The third-order valence-electron chi connectivity index (χ3n) is 5.25. The Kier molecular flexibility index (Phi) is 4.97. The fourth-order valence-corrected chi connectivity index (χ4v) is 4.54. The highest BCUT2D eigenvalue weighted by Gasteiger charge is 2.54. The van der Waals surface area contributed by atoms with E-state index >= 15 is 0 Å². The van der Waals surface area contributed by atoms with Gasteiger partial charge in [0.25, 0.3) is 0 Å². The maximum Gasteiger partial charge on any atom is 0.311 e. The van der Waals surface area contributed by atoms with E-state index in [1.807, 2.05) is 12.1 Å². The quantitative estimate of drug-likeness (QED) is 0.810. The van der Waals surface area contributed by atoms with Gasteiger partial charge in [0.05, 0.1) is 12.0 Å². The van der Waals surface area contributed by atoms with Gasteiger partial charge in [0.2, 0.25) is 0 Å². The lowest BCUT2D eigenvalue weighted by molar-refractivity contribution is -0.149. The molecule has 1 aromatic carbocycles. The Morgan fingerprint density at radius 1 is 1.52 bits per heavy atom. The number of nitrogens with zero attached hydrogens (tertiary/aromatic N) is 1. The van der Waals surface area contributed by atoms with Crippen LogP contribution in [0.5, 0.6) is 5.75 Å². The molecule has 5 heteroatoms. The molecule has 1 aliphatic carbocycles. The largest absolute Gasteiger partial charge is 0.493 e. The van der Waals surface area contributed by atoms with Crippen LogP contribution in [0.15, 0.2) is 22.7 Å². The van der Waals surface area contributed by atoms with E-state index in [1.54, 1.807) is 0 Å². The number of hydrogen-bond donors (Lipinski definition) is 1. The molecule has 2 aliphatic rings. The first kappa shape index (κ1) is 16.8. The van der Waals surface area contributed by atoms with Crippen molar-refractivity contribution in [3.05, 3.63) is 28.2 Å². The van der Waals surface area contributed by atoms with Crippen LogP contribution in [0.4, 0.5) is 0 Å².